The lowest BCUT2D eigenvalue weighted by molar-refractivity contribution is 0.303. The third-order valence-corrected chi connectivity index (χ3v) is 3.69. The zero-order valence-corrected chi connectivity index (χ0v) is 10.8. The van der Waals surface area contributed by atoms with E-state index in [0.29, 0.717) is 5.02 Å². The van der Waals surface area contributed by atoms with Crippen LogP contribution < -0.4 is 5.32 Å². The Labute approximate surface area is 104 Å². The maximum atomic E-state index is 5.81. The number of nitrogens with one attached hydrogen (secondary N) is 1. The number of anilines is 1. The van der Waals surface area contributed by atoms with E-state index in [1.165, 1.54) is 25.7 Å². The second kappa shape index (κ2) is 5.17. The van der Waals surface area contributed by atoms with Crippen molar-refractivity contribution in [2.24, 2.45) is 5.92 Å². The van der Waals surface area contributed by atoms with Crippen LogP contribution in [0.2, 0.25) is 5.02 Å². The summed E-state index contributed by atoms with van der Waals surface area (Å²) in [5.74, 6) is 1.82. The number of aromatic nitrogens is 1. The highest BCUT2D eigenvalue weighted by atomic mass is 79.9. The van der Waals surface area contributed by atoms with Gasteiger partial charge in [0.05, 0.1) is 9.50 Å². The molecule has 0 atom stereocenters. The van der Waals surface area contributed by atoms with E-state index >= 15 is 0 Å². The van der Waals surface area contributed by atoms with Crippen molar-refractivity contribution >= 4 is 33.3 Å². The molecule has 2 nitrogen and oxygen atoms in total. The Hall–Kier alpha value is -0.280. The van der Waals surface area contributed by atoms with E-state index in [1.807, 2.05) is 6.07 Å². The van der Waals surface area contributed by atoms with Gasteiger partial charge in [-0.25, -0.2) is 4.98 Å². The Morgan fingerprint density at radius 1 is 1.53 bits per heavy atom. The van der Waals surface area contributed by atoms with Crippen molar-refractivity contribution in [3.05, 3.63) is 21.8 Å². The summed E-state index contributed by atoms with van der Waals surface area (Å²) in [7, 11) is 0. The fourth-order valence-corrected chi connectivity index (χ4v) is 2.50. The van der Waals surface area contributed by atoms with Crippen LogP contribution in [-0.2, 0) is 0 Å². The average Bonchev–Trinajstić information content (AvgIpc) is 2.12. The van der Waals surface area contributed by atoms with Gasteiger partial charge in [0.25, 0.3) is 0 Å². The average molecular weight is 290 g/mol. The second-order valence-electron chi connectivity index (χ2n) is 4.00. The SMILES string of the molecule is Clc1cnc(NCCC2CCC2)c(Br)c1. The molecule has 0 aliphatic heterocycles. The molecular weight excluding hydrogens is 275 g/mol. The summed E-state index contributed by atoms with van der Waals surface area (Å²) in [4.78, 5) is 4.23. The summed E-state index contributed by atoms with van der Waals surface area (Å²) < 4.78 is 0.934. The summed E-state index contributed by atoms with van der Waals surface area (Å²) in [6.07, 6.45) is 7.12. The maximum Gasteiger partial charge on any atom is 0.140 e. The van der Waals surface area contributed by atoms with Crippen LogP contribution in [0.5, 0.6) is 0 Å². The number of hydrogen-bond donors (Lipinski definition) is 1. The van der Waals surface area contributed by atoms with Crippen LogP contribution in [0.25, 0.3) is 0 Å². The molecule has 0 aromatic carbocycles. The second-order valence-corrected chi connectivity index (χ2v) is 5.29. The third-order valence-electron chi connectivity index (χ3n) is 2.88. The van der Waals surface area contributed by atoms with Gasteiger partial charge in [0, 0.05) is 12.7 Å². The fraction of sp³-hybridized carbons (Fsp3) is 0.545. The van der Waals surface area contributed by atoms with Crippen LogP contribution in [0.15, 0.2) is 16.7 Å². The molecule has 0 unspecified atom stereocenters. The molecule has 1 saturated carbocycles. The number of pyridine rings is 1. The highest BCUT2D eigenvalue weighted by Crippen LogP contribution is 2.29. The van der Waals surface area contributed by atoms with Crippen molar-refractivity contribution < 1.29 is 0 Å². The zero-order chi connectivity index (χ0) is 10.7. The molecule has 0 radical (unpaired) electrons. The fourth-order valence-electron chi connectivity index (χ4n) is 1.72. The van der Waals surface area contributed by atoms with Crippen LogP contribution in [0.1, 0.15) is 25.7 Å². The summed E-state index contributed by atoms with van der Waals surface area (Å²) in [5.41, 5.74) is 0. The molecule has 4 heteroatoms. The first kappa shape index (κ1) is 11.2. The molecule has 1 heterocycles. The normalized spacial score (nSPS) is 16.1. The molecule has 15 heavy (non-hydrogen) atoms. The monoisotopic (exact) mass is 288 g/mol. The minimum atomic E-state index is 0.659. The molecule has 1 N–H and O–H groups in total. The minimum absolute atomic E-state index is 0.659. The van der Waals surface area contributed by atoms with Gasteiger partial charge in [0.15, 0.2) is 0 Å². The van der Waals surface area contributed by atoms with Crippen molar-refractivity contribution in [3.63, 3.8) is 0 Å². The Kier molecular flexibility index (Phi) is 3.87. The van der Waals surface area contributed by atoms with E-state index in [1.54, 1.807) is 6.20 Å². The summed E-state index contributed by atoms with van der Waals surface area (Å²) in [6, 6.07) is 1.86. The predicted octanol–water partition coefficient (Wildman–Crippen LogP) is 4.10. The van der Waals surface area contributed by atoms with E-state index in [-0.39, 0.29) is 0 Å². The Bertz CT molecular complexity index is 339. The zero-order valence-electron chi connectivity index (χ0n) is 8.47. The summed E-state index contributed by atoms with van der Waals surface area (Å²) in [6.45, 7) is 0.998. The van der Waals surface area contributed by atoms with Gasteiger partial charge in [-0.05, 0) is 34.3 Å². The Morgan fingerprint density at radius 2 is 2.33 bits per heavy atom. The Morgan fingerprint density at radius 3 is 2.93 bits per heavy atom. The minimum Gasteiger partial charge on any atom is -0.369 e. The van der Waals surface area contributed by atoms with Crippen LogP contribution in [-0.4, -0.2) is 11.5 Å². The van der Waals surface area contributed by atoms with Crippen LogP contribution in [0, 0.1) is 5.92 Å². The molecule has 0 amide bonds. The highest BCUT2D eigenvalue weighted by molar-refractivity contribution is 9.10. The van der Waals surface area contributed by atoms with E-state index in [9.17, 15) is 0 Å². The molecule has 1 aromatic rings. The van der Waals surface area contributed by atoms with Crippen molar-refractivity contribution in [2.45, 2.75) is 25.7 Å². The van der Waals surface area contributed by atoms with Crippen molar-refractivity contribution in [1.82, 2.24) is 4.98 Å². The largest absolute Gasteiger partial charge is 0.369 e. The summed E-state index contributed by atoms with van der Waals surface area (Å²) in [5, 5.41) is 3.98. The molecule has 1 aliphatic rings. The lowest BCUT2D eigenvalue weighted by Crippen LogP contribution is -2.16. The van der Waals surface area contributed by atoms with Gasteiger partial charge >= 0.3 is 0 Å². The topological polar surface area (TPSA) is 24.9 Å². The quantitative estimate of drug-likeness (QED) is 0.902. The maximum absolute atomic E-state index is 5.81. The van der Waals surface area contributed by atoms with E-state index < -0.39 is 0 Å². The van der Waals surface area contributed by atoms with Gasteiger partial charge in [-0.1, -0.05) is 30.9 Å². The van der Waals surface area contributed by atoms with E-state index in [0.717, 1.165) is 22.8 Å². The number of rotatable bonds is 4. The first-order chi connectivity index (χ1) is 7.25. The van der Waals surface area contributed by atoms with Gasteiger partial charge in [-0.15, -0.1) is 0 Å². The van der Waals surface area contributed by atoms with Crippen molar-refractivity contribution in [1.29, 1.82) is 0 Å². The number of hydrogen-bond acceptors (Lipinski definition) is 2. The summed E-state index contributed by atoms with van der Waals surface area (Å²) >= 11 is 9.25. The van der Waals surface area contributed by atoms with Crippen LogP contribution >= 0.6 is 27.5 Å². The van der Waals surface area contributed by atoms with Gasteiger partial charge in [0.2, 0.25) is 0 Å². The standard InChI is InChI=1S/C11H14BrClN2/c12-10-6-9(13)7-15-11(10)14-5-4-8-2-1-3-8/h6-8H,1-5H2,(H,14,15). The van der Waals surface area contributed by atoms with Gasteiger partial charge in [-0.2, -0.15) is 0 Å². The lowest BCUT2D eigenvalue weighted by Gasteiger charge is -2.25. The number of nitrogens with zero attached hydrogens (tertiary/aromatic N) is 1. The molecular formula is C11H14BrClN2. The smallest absolute Gasteiger partial charge is 0.140 e. The van der Waals surface area contributed by atoms with E-state index in [4.69, 9.17) is 11.6 Å². The number of halogens is 2. The molecule has 0 saturated heterocycles. The predicted molar refractivity (Wildman–Crippen MR) is 67.4 cm³/mol. The lowest BCUT2D eigenvalue weighted by atomic mass is 9.83. The van der Waals surface area contributed by atoms with Gasteiger partial charge < -0.3 is 5.32 Å². The third kappa shape index (κ3) is 3.08. The molecule has 0 spiro atoms. The molecule has 1 fully saturated rings. The van der Waals surface area contributed by atoms with Crippen molar-refractivity contribution in [2.75, 3.05) is 11.9 Å². The van der Waals surface area contributed by atoms with Crippen LogP contribution in [0.3, 0.4) is 0 Å². The molecule has 1 aliphatic carbocycles. The molecule has 1 aromatic heterocycles. The van der Waals surface area contributed by atoms with Crippen molar-refractivity contribution in [3.8, 4) is 0 Å². The van der Waals surface area contributed by atoms with Gasteiger partial charge in [-0.3, -0.25) is 0 Å². The van der Waals surface area contributed by atoms with Gasteiger partial charge in [0.1, 0.15) is 5.82 Å². The Balaban J connectivity index is 1.81. The van der Waals surface area contributed by atoms with E-state index in [2.05, 4.69) is 26.2 Å². The first-order valence-electron chi connectivity index (χ1n) is 5.30. The molecule has 82 valence electrons. The highest BCUT2D eigenvalue weighted by Gasteiger charge is 2.16. The van der Waals surface area contributed by atoms with Crippen LogP contribution in [0.4, 0.5) is 5.82 Å². The first-order valence-corrected chi connectivity index (χ1v) is 6.48. The molecule has 0 bridgehead atoms. The molecule has 2 rings (SSSR count).